The summed E-state index contributed by atoms with van der Waals surface area (Å²) in [7, 11) is 1.72. The number of nitrogens with one attached hydrogen (secondary N) is 1. The normalized spacial score (nSPS) is 23.4. The number of hydrogen-bond donors (Lipinski definition) is 1. The molecule has 0 spiro atoms. The van der Waals surface area contributed by atoms with Crippen LogP contribution >= 0.6 is 0 Å². The lowest BCUT2D eigenvalue weighted by atomic mass is 9.79. The Bertz CT molecular complexity index is 600. The van der Waals surface area contributed by atoms with Gasteiger partial charge in [-0.2, -0.15) is 18.3 Å². The Morgan fingerprint density at radius 1 is 1.30 bits per heavy atom. The first-order chi connectivity index (χ1) is 12.8. The van der Waals surface area contributed by atoms with Gasteiger partial charge in [-0.15, -0.1) is 0 Å². The van der Waals surface area contributed by atoms with Gasteiger partial charge in [0.1, 0.15) is 11.9 Å². The third-order valence-electron chi connectivity index (χ3n) is 4.96. The molecule has 0 amide bonds. The van der Waals surface area contributed by atoms with Crippen LogP contribution in [0.25, 0.3) is 0 Å². The third kappa shape index (κ3) is 6.48. The lowest BCUT2D eigenvalue weighted by Crippen LogP contribution is -2.39. The summed E-state index contributed by atoms with van der Waals surface area (Å²) < 4.78 is 46.9. The van der Waals surface area contributed by atoms with Gasteiger partial charge in [0.05, 0.1) is 0 Å². The van der Waals surface area contributed by atoms with Crippen LogP contribution in [0.15, 0.2) is 33.4 Å². The molecule has 4 nitrogen and oxygen atoms in total. The van der Waals surface area contributed by atoms with Crippen molar-refractivity contribution in [3.8, 4) is 0 Å². The minimum atomic E-state index is -4.49. The fourth-order valence-corrected chi connectivity index (χ4v) is 3.55. The quantitative estimate of drug-likeness (QED) is 0.493. The van der Waals surface area contributed by atoms with Gasteiger partial charge >= 0.3 is 6.18 Å². The number of alkyl halides is 3. The zero-order valence-electron chi connectivity index (χ0n) is 16.4. The SMILES string of the molecule is CN=CCC1=CC=C(C(/C(=N/NC2CCCCO2)C(F)(F)F)C(C)C)CC1. The number of hydrogen-bond acceptors (Lipinski definition) is 4. The number of ether oxygens (including phenoxy) is 1. The summed E-state index contributed by atoms with van der Waals surface area (Å²) in [5.41, 5.74) is 3.83. The predicted molar refractivity (Wildman–Crippen MR) is 103 cm³/mol. The molecule has 0 aromatic heterocycles. The molecule has 2 rings (SSSR count). The van der Waals surface area contributed by atoms with Gasteiger partial charge in [-0.05, 0) is 38.0 Å². The van der Waals surface area contributed by atoms with Crippen molar-refractivity contribution in [1.82, 2.24) is 5.43 Å². The molecule has 1 fully saturated rings. The highest BCUT2D eigenvalue weighted by Gasteiger charge is 2.43. The molecule has 2 atom stereocenters. The Kier molecular flexibility index (Phi) is 8.07. The Balaban J connectivity index is 2.23. The fraction of sp³-hybridized carbons (Fsp3) is 0.700. The van der Waals surface area contributed by atoms with E-state index >= 15 is 0 Å². The smallest absolute Gasteiger partial charge is 0.357 e. The molecule has 27 heavy (non-hydrogen) atoms. The summed E-state index contributed by atoms with van der Waals surface area (Å²) in [6, 6.07) is 0. The average Bonchev–Trinajstić information content (AvgIpc) is 2.63. The fourth-order valence-electron chi connectivity index (χ4n) is 3.55. The molecule has 0 aromatic carbocycles. The summed E-state index contributed by atoms with van der Waals surface area (Å²) >= 11 is 0. The maximum absolute atomic E-state index is 13.8. The molecule has 0 bridgehead atoms. The first kappa shape index (κ1) is 21.7. The van der Waals surface area contributed by atoms with Crippen LogP contribution in [0.3, 0.4) is 0 Å². The van der Waals surface area contributed by atoms with Crippen molar-refractivity contribution < 1.29 is 17.9 Å². The Hall–Kier alpha value is -1.63. The summed E-state index contributed by atoms with van der Waals surface area (Å²) in [5.74, 6) is -0.975. The van der Waals surface area contributed by atoms with Crippen LogP contribution in [0.4, 0.5) is 13.2 Å². The molecular weight excluding hydrogens is 355 g/mol. The molecular formula is C20H30F3N3O. The van der Waals surface area contributed by atoms with E-state index in [2.05, 4.69) is 15.5 Å². The zero-order valence-corrected chi connectivity index (χ0v) is 16.4. The van der Waals surface area contributed by atoms with Gasteiger partial charge in [0.2, 0.25) is 0 Å². The van der Waals surface area contributed by atoms with Gasteiger partial charge < -0.3 is 9.73 Å². The van der Waals surface area contributed by atoms with E-state index in [0.29, 0.717) is 19.4 Å². The molecule has 2 unspecified atom stereocenters. The first-order valence-corrected chi connectivity index (χ1v) is 9.64. The predicted octanol–water partition coefficient (Wildman–Crippen LogP) is 5.03. The van der Waals surface area contributed by atoms with Crippen molar-refractivity contribution in [2.24, 2.45) is 21.9 Å². The highest BCUT2D eigenvalue weighted by Crippen LogP contribution is 2.36. The number of nitrogens with zero attached hydrogens (tertiary/aromatic N) is 2. The van der Waals surface area contributed by atoms with Crippen molar-refractivity contribution >= 4 is 11.9 Å². The van der Waals surface area contributed by atoms with Gasteiger partial charge in [-0.1, -0.05) is 37.1 Å². The number of rotatable bonds is 7. The van der Waals surface area contributed by atoms with Crippen LogP contribution < -0.4 is 5.43 Å². The van der Waals surface area contributed by atoms with E-state index in [1.54, 1.807) is 7.05 Å². The highest BCUT2D eigenvalue weighted by atomic mass is 19.4. The van der Waals surface area contributed by atoms with Crippen LogP contribution in [0.5, 0.6) is 0 Å². The second-order valence-electron chi connectivity index (χ2n) is 7.41. The van der Waals surface area contributed by atoms with Crippen molar-refractivity contribution in [2.75, 3.05) is 13.7 Å². The molecule has 0 aromatic rings. The maximum atomic E-state index is 13.8. The molecule has 1 aliphatic carbocycles. The third-order valence-corrected chi connectivity index (χ3v) is 4.96. The second-order valence-corrected chi connectivity index (χ2v) is 7.41. The van der Waals surface area contributed by atoms with Gasteiger partial charge in [0.25, 0.3) is 0 Å². The Labute approximate surface area is 159 Å². The van der Waals surface area contributed by atoms with E-state index < -0.39 is 24.0 Å². The standard InChI is InChI=1S/C20H30F3N3O/c1-14(2)18(16-9-7-15(8-10-16)11-12-24-3)19(20(21,22)23)26-25-17-6-4-5-13-27-17/h7,9,12,14,17-18,25H,4-6,8,10-11,13H2,1-3H3/b24-12?,26-19-. The molecule has 1 heterocycles. The zero-order chi connectivity index (χ0) is 19.9. The molecule has 1 aliphatic heterocycles. The van der Waals surface area contributed by atoms with E-state index in [9.17, 15) is 13.2 Å². The number of allylic oxidation sites excluding steroid dienone is 4. The second kappa shape index (κ2) is 10.1. The highest BCUT2D eigenvalue weighted by molar-refractivity contribution is 5.94. The molecule has 2 aliphatic rings. The van der Waals surface area contributed by atoms with Crippen LogP contribution in [0, 0.1) is 11.8 Å². The topological polar surface area (TPSA) is 46.0 Å². The summed E-state index contributed by atoms with van der Waals surface area (Å²) in [4.78, 5) is 3.97. The number of halogens is 3. The van der Waals surface area contributed by atoms with Crippen LogP contribution in [0.1, 0.15) is 52.4 Å². The van der Waals surface area contributed by atoms with Gasteiger partial charge in [-0.25, -0.2) is 0 Å². The lowest BCUT2D eigenvalue weighted by Gasteiger charge is -2.30. The molecule has 0 saturated carbocycles. The Morgan fingerprint density at radius 3 is 2.59 bits per heavy atom. The lowest BCUT2D eigenvalue weighted by molar-refractivity contribution is -0.0648. The van der Waals surface area contributed by atoms with E-state index in [-0.39, 0.29) is 5.92 Å². The van der Waals surface area contributed by atoms with Crippen molar-refractivity contribution in [3.05, 3.63) is 23.3 Å². The largest absolute Gasteiger partial charge is 0.431 e. The van der Waals surface area contributed by atoms with Crippen LogP contribution in [-0.2, 0) is 4.74 Å². The van der Waals surface area contributed by atoms with E-state index in [0.717, 1.165) is 31.3 Å². The molecule has 1 N–H and O–H groups in total. The molecule has 1 saturated heterocycles. The summed E-state index contributed by atoms with van der Waals surface area (Å²) in [6.07, 6.45) is 5.32. The van der Waals surface area contributed by atoms with E-state index in [1.807, 2.05) is 32.2 Å². The molecule has 152 valence electrons. The van der Waals surface area contributed by atoms with Gasteiger partial charge in [-0.3, -0.25) is 5.43 Å². The van der Waals surface area contributed by atoms with Gasteiger partial charge in [0, 0.05) is 32.2 Å². The van der Waals surface area contributed by atoms with Crippen LogP contribution in [0.2, 0.25) is 0 Å². The van der Waals surface area contributed by atoms with Gasteiger partial charge in [0.15, 0.2) is 0 Å². The number of hydrazone groups is 1. The summed E-state index contributed by atoms with van der Waals surface area (Å²) in [5, 5.41) is 3.82. The van der Waals surface area contributed by atoms with Crippen molar-refractivity contribution in [2.45, 2.75) is 64.8 Å². The maximum Gasteiger partial charge on any atom is 0.431 e. The monoisotopic (exact) mass is 385 g/mol. The van der Waals surface area contributed by atoms with Crippen molar-refractivity contribution in [3.63, 3.8) is 0 Å². The van der Waals surface area contributed by atoms with E-state index in [4.69, 9.17) is 4.74 Å². The minimum Gasteiger partial charge on any atom is -0.357 e. The number of aliphatic imine (C=N–C) groups is 1. The summed E-state index contributed by atoms with van der Waals surface area (Å²) in [6.45, 7) is 4.18. The van der Waals surface area contributed by atoms with Crippen LogP contribution in [-0.4, -0.2) is 38.0 Å². The van der Waals surface area contributed by atoms with E-state index in [1.165, 1.54) is 5.57 Å². The molecule has 7 heteroatoms. The minimum absolute atomic E-state index is 0.210. The average molecular weight is 385 g/mol. The first-order valence-electron chi connectivity index (χ1n) is 9.64. The Morgan fingerprint density at radius 2 is 2.07 bits per heavy atom. The van der Waals surface area contributed by atoms with Crippen molar-refractivity contribution in [1.29, 1.82) is 0 Å². The molecule has 0 radical (unpaired) electrons.